The number of fused-ring (bicyclic) bond motifs is 1. The van der Waals surface area contributed by atoms with Gasteiger partial charge in [-0.05, 0) is 29.7 Å². The van der Waals surface area contributed by atoms with E-state index in [9.17, 15) is 4.79 Å². The maximum atomic E-state index is 12.7. The van der Waals surface area contributed by atoms with Crippen molar-refractivity contribution in [1.29, 1.82) is 0 Å². The van der Waals surface area contributed by atoms with Crippen molar-refractivity contribution in [2.24, 2.45) is 0 Å². The van der Waals surface area contributed by atoms with Crippen LogP contribution in [0.1, 0.15) is 33.9 Å². The summed E-state index contributed by atoms with van der Waals surface area (Å²) in [6.45, 7) is 0.538. The molecule has 1 amide bonds. The van der Waals surface area contributed by atoms with Gasteiger partial charge in [0.1, 0.15) is 0 Å². The summed E-state index contributed by atoms with van der Waals surface area (Å²) in [4.78, 5) is 13.9. The van der Waals surface area contributed by atoms with Crippen molar-refractivity contribution in [3.05, 3.63) is 82.6 Å². The molecule has 1 aromatic heterocycles. The van der Waals surface area contributed by atoms with E-state index in [0.29, 0.717) is 17.1 Å². The average molecular weight is 384 g/mol. The second kappa shape index (κ2) is 7.56. The molecular weight excluding hydrogens is 366 g/mol. The van der Waals surface area contributed by atoms with E-state index in [2.05, 4.69) is 22.5 Å². The fraction of sp³-hybridized carbons (Fsp3) is 0.200. The summed E-state index contributed by atoms with van der Waals surface area (Å²) in [6.07, 6.45) is 4.30. The lowest BCUT2D eigenvalue weighted by Gasteiger charge is -2.25. The number of aromatic nitrogens is 2. The molecule has 6 heteroatoms. The highest BCUT2D eigenvalue weighted by Gasteiger charge is 2.22. The van der Waals surface area contributed by atoms with E-state index in [4.69, 9.17) is 11.6 Å². The molecule has 3 aromatic rings. The van der Waals surface area contributed by atoms with Crippen molar-refractivity contribution in [1.82, 2.24) is 15.1 Å². The molecule has 1 aliphatic heterocycles. The molecule has 0 radical (unpaired) electrons. The minimum atomic E-state index is -0.0953. The second-order valence-corrected chi connectivity index (χ2v) is 7.76. The molecule has 0 bridgehead atoms. The number of amides is 1. The average Bonchev–Trinajstić information content (AvgIpc) is 3.13. The summed E-state index contributed by atoms with van der Waals surface area (Å²) in [5, 5.41) is 8.15. The van der Waals surface area contributed by atoms with Crippen LogP contribution in [0, 0.1) is 0 Å². The monoisotopic (exact) mass is 383 g/mol. The minimum Gasteiger partial charge on any atom is -0.345 e. The van der Waals surface area contributed by atoms with Crippen LogP contribution >= 0.6 is 23.4 Å². The quantitative estimate of drug-likeness (QED) is 0.718. The van der Waals surface area contributed by atoms with Gasteiger partial charge in [0.2, 0.25) is 0 Å². The van der Waals surface area contributed by atoms with Crippen LogP contribution in [0.15, 0.2) is 65.8 Å². The van der Waals surface area contributed by atoms with Crippen LogP contribution in [0.2, 0.25) is 5.02 Å². The van der Waals surface area contributed by atoms with Crippen LogP contribution in [0.3, 0.4) is 0 Å². The maximum absolute atomic E-state index is 12.7. The zero-order valence-corrected chi connectivity index (χ0v) is 15.6. The fourth-order valence-corrected chi connectivity index (χ4v) is 4.42. The highest BCUT2D eigenvalue weighted by Crippen LogP contribution is 2.35. The van der Waals surface area contributed by atoms with E-state index >= 15 is 0 Å². The van der Waals surface area contributed by atoms with Crippen molar-refractivity contribution in [2.45, 2.75) is 23.9 Å². The molecule has 0 fully saturated rings. The van der Waals surface area contributed by atoms with Gasteiger partial charge >= 0.3 is 0 Å². The van der Waals surface area contributed by atoms with E-state index in [1.54, 1.807) is 17.1 Å². The lowest BCUT2D eigenvalue weighted by atomic mass is 10.0. The van der Waals surface area contributed by atoms with Gasteiger partial charge in [-0.3, -0.25) is 9.48 Å². The molecule has 1 N–H and O–H groups in total. The summed E-state index contributed by atoms with van der Waals surface area (Å²) in [5.41, 5.74) is 2.73. The molecule has 4 nitrogen and oxygen atoms in total. The van der Waals surface area contributed by atoms with E-state index in [0.717, 1.165) is 17.7 Å². The van der Waals surface area contributed by atoms with Gasteiger partial charge in [-0.1, -0.05) is 48.0 Å². The number of benzene rings is 2. The number of carbonyl (C=O) groups excluding carboxylic acids is 1. The van der Waals surface area contributed by atoms with Crippen molar-refractivity contribution in [3.8, 4) is 0 Å². The first-order valence-electron chi connectivity index (χ1n) is 8.49. The largest absolute Gasteiger partial charge is 0.345 e. The third kappa shape index (κ3) is 3.64. The maximum Gasteiger partial charge on any atom is 0.254 e. The number of carbonyl (C=O) groups is 1. The van der Waals surface area contributed by atoms with Gasteiger partial charge in [0.15, 0.2) is 0 Å². The Kier molecular flexibility index (Phi) is 5.00. The number of hydrogen-bond donors (Lipinski definition) is 1. The first-order valence-corrected chi connectivity index (χ1v) is 9.85. The predicted octanol–water partition coefficient (Wildman–Crippen LogP) is 4.55. The molecule has 2 heterocycles. The third-order valence-corrected chi connectivity index (χ3v) is 5.94. The summed E-state index contributed by atoms with van der Waals surface area (Å²) < 4.78 is 1.74. The molecule has 1 aliphatic rings. The molecule has 0 spiro atoms. The van der Waals surface area contributed by atoms with Crippen molar-refractivity contribution >= 4 is 29.3 Å². The van der Waals surface area contributed by atoms with Crippen molar-refractivity contribution < 1.29 is 4.79 Å². The third-order valence-electron chi connectivity index (χ3n) is 4.45. The van der Waals surface area contributed by atoms with Gasteiger partial charge < -0.3 is 5.32 Å². The number of nitrogens with zero attached hydrogens (tertiary/aromatic N) is 2. The topological polar surface area (TPSA) is 46.9 Å². The second-order valence-electron chi connectivity index (χ2n) is 6.22. The Morgan fingerprint density at radius 3 is 2.92 bits per heavy atom. The molecule has 26 heavy (non-hydrogen) atoms. The number of rotatable bonds is 4. The Morgan fingerprint density at radius 2 is 2.04 bits per heavy atom. The highest BCUT2D eigenvalue weighted by atomic mass is 35.5. The van der Waals surface area contributed by atoms with Gasteiger partial charge in [-0.25, -0.2) is 0 Å². The van der Waals surface area contributed by atoms with Gasteiger partial charge in [-0.2, -0.15) is 5.10 Å². The van der Waals surface area contributed by atoms with Crippen LogP contribution < -0.4 is 5.32 Å². The number of thioether (sulfide) groups is 1. The van der Waals surface area contributed by atoms with Crippen LogP contribution in [0.5, 0.6) is 0 Å². The summed E-state index contributed by atoms with van der Waals surface area (Å²) >= 11 is 8.04. The van der Waals surface area contributed by atoms with Gasteiger partial charge in [0.05, 0.1) is 24.3 Å². The molecule has 0 aliphatic carbocycles. The van der Waals surface area contributed by atoms with Crippen LogP contribution in [-0.4, -0.2) is 21.4 Å². The molecule has 0 saturated carbocycles. The Hall–Kier alpha value is -2.24. The Balaban J connectivity index is 1.47. The van der Waals surface area contributed by atoms with Gasteiger partial charge in [0.25, 0.3) is 5.91 Å². The molecule has 2 aromatic carbocycles. The molecule has 1 atom stereocenters. The van der Waals surface area contributed by atoms with E-state index in [-0.39, 0.29) is 11.9 Å². The standard InChI is InChI=1S/C20H18ClN3OS/c21-17-7-3-1-5-14(17)12-24-13-15(11-22-24)20(25)23-18-9-10-26-19-8-4-2-6-16(18)19/h1-8,11,13,18H,9-10,12H2,(H,23,25). The van der Waals surface area contributed by atoms with E-state index < -0.39 is 0 Å². The molecular formula is C20H18ClN3OS. The molecule has 132 valence electrons. The highest BCUT2D eigenvalue weighted by molar-refractivity contribution is 7.99. The lowest BCUT2D eigenvalue weighted by Crippen LogP contribution is -2.30. The predicted molar refractivity (Wildman–Crippen MR) is 105 cm³/mol. The van der Waals surface area contributed by atoms with E-state index in [1.165, 1.54) is 10.5 Å². The molecule has 4 rings (SSSR count). The van der Waals surface area contributed by atoms with Gasteiger partial charge in [-0.15, -0.1) is 11.8 Å². The van der Waals surface area contributed by atoms with Crippen molar-refractivity contribution in [2.75, 3.05) is 5.75 Å². The Bertz CT molecular complexity index is 940. The zero-order chi connectivity index (χ0) is 17.9. The summed E-state index contributed by atoms with van der Waals surface area (Å²) in [7, 11) is 0. The van der Waals surface area contributed by atoms with Gasteiger partial charge in [0, 0.05) is 21.9 Å². The first kappa shape index (κ1) is 17.2. The Labute approximate surface area is 161 Å². The minimum absolute atomic E-state index is 0.0480. The summed E-state index contributed by atoms with van der Waals surface area (Å²) in [6, 6.07) is 16.0. The number of nitrogens with one attached hydrogen (secondary N) is 1. The normalized spacial score (nSPS) is 16.1. The Morgan fingerprint density at radius 1 is 1.23 bits per heavy atom. The lowest BCUT2D eigenvalue weighted by molar-refractivity contribution is 0.0935. The number of hydrogen-bond acceptors (Lipinski definition) is 3. The molecule has 0 saturated heterocycles. The molecule has 1 unspecified atom stereocenters. The van der Waals surface area contributed by atoms with Crippen molar-refractivity contribution in [3.63, 3.8) is 0 Å². The van der Waals surface area contributed by atoms with E-state index in [1.807, 2.05) is 48.2 Å². The van der Waals surface area contributed by atoms with Crippen LogP contribution in [-0.2, 0) is 6.54 Å². The first-order chi connectivity index (χ1) is 12.7. The SMILES string of the molecule is O=C(NC1CCSc2ccccc21)c1cnn(Cc2ccccc2Cl)c1. The number of halogens is 1. The summed E-state index contributed by atoms with van der Waals surface area (Å²) in [5.74, 6) is 0.912. The smallest absolute Gasteiger partial charge is 0.254 e. The zero-order valence-electron chi connectivity index (χ0n) is 14.1. The fourth-order valence-electron chi connectivity index (χ4n) is 3.10. The van der Waals surface area contributed by atoms with Crippen LogP contribution in [0.4, 0.5) is 0 Å². The van der Waals surface area contributed by atoms with Crippen LogP contribution in [0.25, 0.3) is 0 Å².